The highest BCUT2D eigenvalue weighted by Crippen LogP contribution is 2.29. The van der Waals surface area contributed by atoms with Crippen molar-refractivity contribution in [3.63, 3.8) is 0 Å². The fourth-order valence-electron chi connectivity index (χ4n) is 4.68. The average Bonchev–Trinajstić information content (AvgIpc) is 3.52. The van der Waals surface area contributed by atoms with Gasteiger partial charge < -0.3 is 10.1 Å². The van der Waals surface area contributed by atoms with Crippen LogP contribution in [0, 0.1) is 0 Å². The van der Waals surface area contributed by atoms with Crippen molar-refractivity contribution < 1.29 is 28.7 Å². The molecule has 0 bridgehead atoms. The molecule has 1 fully saturated rings. The molecular weight excluding hydrogens is 450 g/mol. The second kappa shape index (κ2) is 9.07. The highest BCUT2D eigenvalue weighted by Gasteiger charge is 2.38. The summed E-state index contributed by atoms with van der Waals surface area (Å²) < 4.78 is 5.56. The third kappa shape index (κ3) is 4.01. The van der Waals surface area contributed by atoms with Gasteiger partial charge in [-0.15, -0.1) is 0 Å². The topological polar surface area (TPSA) is 113 Å². The Morgan fingerprint density at radius 3 is 2.29 bits per heavy atom. The molecule has 3 heterocycles. The van der Waals surface area contributed by atoms with Crippen LogP contribution in [-0.2, 0) is 4.74 Å². The second-order valence-electron chi connectivity index (χ2n) is 8.95. The van der Waals surface area contributed by atoms with E-state index < -0.39 is 17.7 Å². The zero-order chi connectivity index (χ0) is 24.7. The second-order valence-corrected chi connectivity index (χ2v) is 8.95. The summed E-state index contributed by atoms with van der Waals surface area (Å²) in [6.45, 7) is 3.16. The molecule has 2 aromatic carbocycles. The van der Waals surface area contributed by atoms with Gasteiger partial charge in [-0.05, 0) is 55.7 Å². The number of amides is 5. The van der Waals surface area contributed by atoms with Crippen molar-refractivity contribution in [2.24, 2.45) is 0 Å². The lowest BCUT2D eigenvalue weighted by Crippen LogP contribution is -2.36. The van der Waals surface area contributed by atoms with Crippen molar-refractivity contribution >= 4 is 35.2 Å². The number of imide groups is 2. The standard InChI is InChI=1S/C26H25N3O6/c1-2-3-10-28-23(31)18-8-6-15(12-20(18)25(28)33)22(30)27-16-7-9-19-21(13-16)26(34)29(24(19)32)14-17-5-4-11-35-17/h6-9,12-13,17H,2-5,10-11,14H2,1H3,(H,27,30). The van der Waals surface area contributed by atoms with E-state index in [4.69, 9.17) is 4.74 Å². The predicted molar refractivity (Wildman–Crippen MR) is 125 cm³/mol. The summed E-state index contributed by atoms with van der Waals surface area (Å²) in [5.74, 6) is -2.02. The Kier molecular flexibility index (Phi) is 5.94. The molecule has 5 rings (SSSR count). The zero-order valence-electron chi connectivity index (χ0n) is 19.3. The third-order valence-corrected chi connectivity index (χ3v) is 6.61. The van der Waals surface area contributed by atoms with E-state index in [9.17, 15) is 24.0 Å². The fourth-order valence-corrected chi connectivity index (χ4v) is 4.68. The van der Waals surface area contributed by atoms with Gasteiger partial charge in [-0.3, -0.25) is 33.8 Å². The average molecular weight is 476 g/mol. The molecule has 2 aromatic rings. The van der Waals surface area contributed by atoms with Gasteiger partial charge in [-0.25, -0.2) is 0 Å². The molecule has 9 heteroatoms. The van der Waals surface area contributed by atoms with Gasteiger partial charge in [0.25, 0.3) is 29.5 Å². The number of fused-ring (bicyclic) bond motifs is 2. The van der Waals surface area contributed by atoms with Crippen LogP contribution in [0.1, 0.15) is 84.4 Å². The van der Waals surface area contributed by atoms with Gasteiger partial charge in [0.15, 0.2) is 0 Å². The number of unbranched alkanes of at least 4 members (excludes halogenated alkanes) is 1. The minimum absolute atomic E-state index is 0.149. The van der Waals surface area contributed by atoms with Crippen LogP contribution in [0.25, 0.3) is 0 Å². The van der Waals surface area contributed by atoms with E-state index in [1.807, 2.05) is 6.92 Å². The lowest BCUT2D eigenvalue weighted by atomic mass is 10.0. The van der Waals surface area contributed by atoms with Crippen LogP contribution in [0.15, 0.2) is 36.4 Å². The lowest BCUT2D eigenvalue weighted by Gasteiger charge is -2.17. The normalized spacial score (nSPS) is 18.9. The fraction of sp³-hybridized carbons (Fsp3) is 0.346. The van der Waals surface area contributed by atoms with E-state index >= 15 is 0 Å². The quantitative estimate of drug-likeness (QED) is 0.616. The summed E-state index contributed by atoms with van der Waals surface area (Å²) in [6.07, 6.45) is 3.12. The monoisotopic (exact) mass is 475 g/mol. The summed E-state index contributed by atoms with van der Waals surface area (Å²) in [7, 11) is 0. The van der Waals surface area contributed by atoms with Gasteiger partial charge in [0.05, 0.1) is 34.9 Å². The number of anilines is 1. The number of hydrogen-bond acceptors (Lipinski definition) is 6. The van der Waals surface area contributed by atoms with Crippen LogP contribution in [0.2, 0.25) is 0 Å². The molecule has 180 valence electrons. The van der Waals surface area contributed by atoms with E-state index in [-0.39, 0.29) is 46.7 Å². The Morgan fingerprint density at radius 1 is 0.914 bits per heavy atom. The van der Waals surface area contributed by atoms with E-state index in [0.717, 1.165) is 19.3 Å². The van der Waals surface area contributed by atoms with Gasteiger partial charge in [0.1, 0.15) is 0 Å². The maximum absolute atomic E-state index is 12.9. The van der Waals surface area contributed by atoms with E-state index in [1.165, 1.54) is 40.1 Å². The molecule has 0 aromatic heterocycles. The summed E-state index contributed by atoms with van der Waals surface area (Å²) >= 11 is 0. The van der Waals surface area contributed by atoms with Crippen LogP contribution in [-0.4, -0.2) is 65.1 Å². The number of nitrogens with zero attached hydrogens (tertiary/aromatic N) is 2. The van der Waals surface area contributed by atoms with Crippen LogP contribution < -0.4 is 5.32 Å². The van der Waals surface area contributed by atoms with Crippen LogP contribution in [0.4, 0.5) is 5.69 Å². The van der Waals surface area contributed by atoms with Crippen LogP contribution >= 0.6 is 0 Å². The molecule has 0 saturated carbocycles. The van der Waals surface area contributed by atoms with E-state index in [0.29, 0.717) is 30.8 Å². The summed E-state index contributed by atoms with van der Waals surface area (Å²) in [6, 6.07) is 8.97. The maximum Gasteiger partial charge on any atom is 0.261 e. The van der Waals surface area contributed by atoms with Crippen LogP contribution in [0.3, 0.4) is 0 Å². The van der Waals surface area contributed by atoms with Crippen LogP contribution in [0.5, 0.6) is 0 Å². The molecule has 1 N–H and O–H groups in total. The molecule has 0 spiro atoms. The molecule has 3 aliphatic heterocycles. The third-order valence-electron chi connectivity index (χ3n) is 6.61. The Labute approximate surface area is 202 Å². The molecule has 1 atom stereocenters. The van der Waals surface area contributed by atoms with Crippen molar-refractivity contribution in [3.05, 3.63) is 64.2 Å². The summed E-state index contributed by atoms with van der Waals surface area (Å²) in [5, 5.41) is 2.72. The zero-order valence-corrected chi connectivity index (χ0v) is 19.3. The number of hydrogen-bond donors (Lipinski definition) is 1. The van der Waals surface area contributed by atoms with Gasteiger partial charge in [0, 0.05) is 24.4 Å². The summed E-state index contributed by atoms with van der Waals surface area (Å²) in [5.41, 5.74) is 1.58. The van der Waals surface area contributed by atoms with Crippen molar-refractivity contribution in [2.75, 3.05) is 25.0 Å². The minimum atomic E-state index is -0.493. The van der Waals surface area contributed by atoms with Crippen molar-refractivity contribution in [1.82, 2.24) is 9.80 Å². The van der Waals surface area contributed by atoms with Crippen molar-refractivity contribution in [2.45, 2.75) is 38.7 Å². The summed E-state index contributed by atoms with van der Waals surface area (Å²) in [4.78, 5) is 66.1. The number of carbonyl (C=O) groups excluding carboxylic acids is 5. The molecule has 5 amide bonds. The smallest absolute Gasteiger partial charge is 0.261 e. The lowest BCUT2D eigenvalue weighted by molar-refractivity contribution is 0.0474. The Balaban J connectivity index is 1.32. The largest absolute Gasteiger partial charge is 0.376 e. The first kappa shape index (κ1) is 22.9. The Bertz CT molecular complexity index is 1260. The molecule has 1 saturated heterocycles. The molecule has 3 aliphatic rings. The van der Waals surface area contributed by atoms with Crippen molar-refractivity contribution in [3.8, 4) is 0 Å². The Morgan fingerprint density at radius 2 is 1.57 bits per heavy atom. The molecule has 1 unspecified atom stereocenters. The van der Waals surface area contributed by atoms with E-state index in [1.54, 1.807) is 6.07 Å². The molecule has 0 aliphatic carbocycles. The predicted octanol–water partition coefficient (Wildman–Crippen LogP) is 3.11. The minimum Gasteiger partial charge on any atom is -0.376 e. The number of rotatable bonds is 7. The highest BCUT2D eigenvalue weighted by atomic mass is 16.5. The molecule has 35 heavy (non-hydrogen) atoms. The first-order valence-electron chi connectivity index (χ1n) is 11.8. The highest BCUT2D eigenvalue weighted by molar-refractivity contribution is 6.23. The Hall–Kier alpha value is -3.85. The SMILES string of the molecule is CCCCN1C(=O)c2ccc(C(=O)Nc3ccc4c(c3)C(=O)N(CC3CCCO3)C4=O)cc2C1=O. The number of benzene rings is 2. The van der Waals surface area contributed by atoms with Crippen molar-refractivity contribution in [1.29, 1.82) is 0 Å². The maximum atomic E-state index is 12.9. The number of nitrogens with one attached hydrogen (secondary N) is 1. The van der Waals surface area contributed by atoms with Gasteiger partial charge in [-0.2, -0.15) is 0 Å². The molecule has 9 nitrogen and oxygen atoms in total. The first-order valence-corrected chi connectivity index (χ1v) is 11.8. The molecule has 0 radical (unpaired) electrons. The number of carbonyl (C=O) groups is 5. The number of ether oxygens (including phenoxy) is 1. The van der Waals surface area contributed by atoms with Gasteiger partial charge in [0.2, 0.25) is 0 Å². The van der Waals surface area contributed by atoms with E-state index in [2.05, 4.69) is 5.32 Å². The van der Waals surface area contributed by atoms with Gasteiger partial charge in [-0.1, -0.05) is 13.3 Å². The molecular formula is C26H25N3O6. The first-order chi connectivity index (χ1) is 16.9. The van der Waals surface area contributed by atoms with Gasteiger partial charge >= 0.3 is 0 Å².